The monoisotopic (exact) mass is 503 g/mol. The molecule has 0 N–H and O–H groups in total. The van der Waals surface area contributed by atoms with E-state index in [4.69, 9.17) is 37.7 Å². The van der Waals surface area contributed by atoms with Gasteiger partial charge in [-0.25, -0.2) is 8.78 Å². The molecule has 0 amide bonds. The van der Waals surface area contributed by atoms with Crippen LogP contribution in [-0.4, -0.2) is 30.3 Å². The molecule has 9 heteroatoms. The van der Waals surface area contributed by atoms with Crippen molar-refractivity contribution in [2.45, 2.75) is 43.8 Å². The molecule has 2 aromatic carbocycles. The molecule has 1 aromatic heterocycles. The van der Waals surface area contributed by atoms with E-state index < -0.39 is 18.6 Å². The van der Waals surface area contributed by atoms with Crippen LogP contribution < -0.4 is 4.90 Å². The molecule has 1 aliphatic heterocycles. The van der Waals surface area contributed by atoms with Crippen molar-refractivity contribution in [3.05, 3.63) is 69.4 Å². The van der Waals surface area contributed by atoms with Gasteiger partial charge < -0.3 is 14.2 Å². The first-order valence-electron chi connectivity index (χ1n) is 11.0. The van der Waals surface area contributed by atoms with Gasteiger partial charge in [0.1, 0.15) is 17.6 Å². The molecule has 5 nitrogen and oxygen atoms in total. The number of hydrogen-bond acceptors (Lipinski definition) is 5. The zero-order chi connectivity index (χ0) is 23.9. The van der Waals surface area contributed by atoms with Gasteiger partial charge in [-0.2, -0.15) is 5.26 Å². The Hall–Kier alpha value is -2.66. The number of alkyl halides is 2. The number of benzene rings is 2. The van der Waals surface area contributed by atoms with Crippen LogP contribution in [0.5, 0.6) is 0 Å². The van der Waals surface area contributed by atoms with Gasteiger partial charge in [0.2, 0.25) is 0 Å². The second kappa shape index (κ2) is 9.18. The Bertz CT molecular complexity index is 1220. The Morgan fingerprint density at radius 1 is 1.12 bits per heavy atom. The van der Waals surface area contributed by atoms with Gasteiger partial charge in [-0.15, -0.1) is 0 Å². The minimum absolute atomic E-state index is 0.0661. The largest absolute Gasteiger partial charge is 0.367 e. The fourth-order valence-electron chi connectivity index (χ4n) is 4.32. The van der Waals surface area contributed by atoms with E-state index in [0.717, 1.165) is 12.8 Å². The summed E-state index contributed by atoms with van der Waals surface area (Å²) < 4.78 is 41.6. The first-order valence-corrected chi connectivity index (χ1v) is 11.8. The molecular weight excluding hydrogens is 483 g/mol. The van der Waals surface area contributed by atoms with Gasteiger partial charge in [0.25, 0.3) is 5.92 Å². The lowest BCUT2D eigenvalue weighted by molar-refractivity contribution is -0.148. The summed E-state index contributed by atoms with van der Waals surface area (Å²) in [6.45, 7) is -0.121. The number of piperidine rings is 1. The SMILES string of the molecule is N#Cc1ccc(N2CCC(OCc3c(-c4c(Cl)cccc4Cl)noc3C3CC3)C(F)(F)C2)cc1. The van der Waals surface area contributed by atoms with E-state index in [-0.39, 0.29) is 18.9 Å². The second-order valence-corrected chi connectivity index (χ2v) is 9.49. The maximum absolute atomic E-state index is 15.1. The summed E-state index contributed by atoms with van der Waals surface area (Å²) in [5, 5.41) is 14.0. The topological polar surface area (TPSA) is 62.3 Å². The second-order valence-electron chi connectivity index (χ2n) is 8.67. The maximum atomic E-state index is 15.1. The lowest BCUT2D eigenvalue weighted by Crippen LogP contribution is -2.52. The fourth-order valence-corrected chi connectivity index (χ4v) is 4.90. The van der Waals surface area contributed by atoms with E-state index in [1.165, 1.54) is 0 Å². The summed E-state index contributed by atoms with van der Waals surface area (Å²) in [6.07, 6.45) is 0.812. The smallest absolute Gasteiger partial charge is 0.290 e. The predicted octanol–water partition coefficient (Wildman–Crippen LogP) is 6.83. The van der Waals surface area contributed by atoms with Gasteiger partial charge in [-0.05, 0) is 55.7 Å². The Morgan fingerprint density at radius 2 is 1.82 bits per heavy atom. The van der Waals surface area contributed by atoms with Crippen molar-refractivity contribution in [1.29, 1.82) is 5.26 Å². The summed E-state index contributed by atoms with van der Waals surface area (Å²) >= 11 is 12.8. The number of anilines is 1. The molecular formula is C25H21Cl2F2N3O2. The van der Waals surface area contributed by atoms with Crippen LogP contribution in [0.2, 0.25) is 10.0 Å². The highest BCUT2D eigenvalue weighted by molar-refractivity contribution is 6.39. The molecule has 2 fully saturated rings. The van der Waals surface area contributed by atoms with E-state index in [9.17, 15) is 0 Å². The molecule has 2 heterocycles. The molecule has 1 saturated heterocycles. The summed E-state index contributed by atoms with van der Waals surface area (Å²) in [5.74, 6) is -2.20. The zero-order valence-corrected chi connectivity index (χ0v) is 19.6. The first-order chi connectivity index (χ1) is 16.4. The molecule has 1 aliphatic carbocycles. The van der Waals surface area contributed by atoms with Crippen LogP contribution in [0.15, 0.2) is 47.0 Å². The molecule has 1 atom stereocenters. The van der Waals surface area contributed by atoms with Crippen LogP contribution in [-0.2, 0) is 11.3 Å². The van der Waals surface area contributed by atoms with E-state index in [1.807, 2.05) is 6.07 Å². The van der Waals surface area contributed by atoms with Gasteiger partial charge in [0.05, 0.1) is 34.8 Å². The third-order valence-electron chi connectivity index (χ3n) is 6.29. The Kier molecular flexibility index (Phi) is 6.24. The van der Waals surface area contributed by atoms with Gasteiger partial charge in [-0.3, -0.25) is 0 Å². The lowest BCUT2D eigenvalue weighted by Gasteiger charge is -2.39. The molecule has 0 radical (unpaired) electrons. The Morgan fingerprint density at radius 3 is 2.44 bits per heavy atom. The summed E-state index contributed by atoms with van der Waals surface area (Å²) in [4.78, 5) is 1.62. The molecule has 34 heavy (non-hydrogen) atoms. The van der Waals surface area contributed by atoms with Gasteiger partial charge in [0, 0.05) is 29.3 Å². The number of rotatable bonds is 6. The number of aromatic nitrogens is 1. The van der Waals surface area contributed by atoms with E-state index in [0.29, 0.717) is 50.4 Å². The first kappa shape index (κ1) is 23.1. The number of halogens is 4. The van der Waals surface area contributed by atoms with Crippen molar-refractivity contribution >= 4 is 28.9 Å². The van der Waals surface area contributed by atoms with Crippen LogP contribution in [0, 0.1) is 11.3 Å². The molecule has 1 saturated carbocycles. The van der Waals surface area contributed by atoms with E-state index >= 15 is 8.78 Å². The Labute approximate surface area is 205 Å². The fraction of sp³-hybridized carbons (Fsp3) is 0.360. The summed E-state index contributed by atoms with van der Waals surface area (Å²) in [7, 11) is 0. The van der Waals surface area contributed by atoms with Crippen LogP contribution >= 0.6 is 23.2 Å². The van der Waals surface area contributed by atoms with Gasteiger partial charge in [-0.1, -0.05) is 34.4 Å². The number of nitrogens with zero attached hydrogens (tertiary/aromatic N) is 3. The molecule has 2 aliphatic rings. The minimum atomic E-state index is -3.06. The van der Waals surface area contributed by atoms with Gasteiger partial charge >= 0.3 is 0 Å². The lowest BCUT2D eigenvalue weighted by atomic mass is 10.0. The highest BCUT2D eigenvalue weighted by Crippen LogP contribution is 2.46. The van der Waals surface area contributed by atoms with Crippen molar-refractivity contribution in [1.82, 2.24) is 5.16 Å². The number of nitriles is 1. The van der Waals surface area contributed by atoms with Crippen molar-refractivity contribution in [3.8, 4) is 17.3 Å². The molecule has 5 rings (SSSR count). The minimum Gasteiger partial charge on any atom is -0.367 e. The standard InChI is InChI=1S/C25H21Cl2F2N3O2/c26-19-2-1-3-20(27)22(19)23-18(24(34-31-23)16-6-7-16)13-33-21-10-11-32(14-25(21,28)29)17-8-4-15(12-30)5-9-17/h1-5,8-9,16,21H,6-7,10-11,13-14H2. The van der Waals surface area contributed by atoms with Crippen molar-refractivity contribution in [2.75, 3.05) is 18.0 Å². The van der Waals surface area contributed by atoms with Crippen molar-refractivity contribution in [3.63, 3.8) is 0 Å². The van der Waals surface area contributed by atoms with Crippen molar-refractivity contribution < 1.29 is 18.0 Å². The Balaban J connectivity index is 1.34. The molecule has 3 aromatic rings. The van der Waals surface area contributed by atoms with E-state index in [1.54, 1.807) is 47.4 Å². The number of ether oxygens (including phenoxy) is 1. The average molecular weight is 504 g/mol. The van der Waals surface area contributed by atoms with Crippen LogP contribution in [0.3, 0.4) is 0 Å². The molecule has 1 unspecified atom stereocenters. The normalized spacial score (nSPS) is 19.7. The van der Waals surface area contributed by atoms with Gasteiger partial charge in [0.15, 0.2) is 0 Å². The average Bonchev–Trinajstić information content (AvgIpc) is 3.58. The molecule has 0 spiro atoms. The van der Waals surface area contributed by atoms with E-state index in [2.05, 4.69) is 5.16 Å². The third-order valence-corrected chi connectivity index (χ3v) is 6.92. The zero-order valence-electron chi connectivity index (χ0n) is 18.1. The molecule has 176 valence electrons. The quantitative estimate of drug-likeness (QED) is 0.368. The maximum Gasteiger partial charge on any atom is 0.290 e. The highest BCUT2D eigenvalue weighted by atomic mass is 35.5. The van der Waals surface area contributed by atoms with Crippen LogP contribution in [0.1, 0.15) is 42.1 Å². The number of hydrogen-bond donors (Lipinski definition) is 0. The summed E-state index contributed by atoms with van der Waals surface area (Å²) in [6, 6.07) is 13.8. The third kappa shape index (κ3) is 4.50. The van der Waals surface area contributed by atoms with Crippen LogP contribution in [0.4, 0.5) is 14.5 Å². The molecule has 0 bridgehead atoms. The van der Waals surface area contributed by atoms with Crippen LogP contribution in [0.25, 0.3) is 11.3 Å². The summed E-state index contributed by atoms with van der Waals surface area (Å²) in [5.41, 5.74) is 2.73. The van der Waals surface area contributed by atoms with Crippen molar-refractivity contribution in [2.24, 2.45) is 0 Å². The predicted molar refractivity (Wildman–Crippen MR) is 125 cm³/mol. The highest BCUT2D eigenvalue weighted by Gasteiger charge is 2.46.